The maximum Gasteiger partial charge on any atom is 0.178 e. The summed E-state index contributed by atoms with van der Waals surface area (Å²) in [6.07, 6.45) is 0. The zero-order chi connectivity index (χ0) is 40.9. The van der Waals surface area contributed by atoms with Crippen LogP contribution in [-0.4, -0.2) is 9.13 Å². The molecule has 0 fully saturated rings. The van der Waals surface area contributed by atoms with Crippen molar-refractivity contribution in [1.82, 2.24) is 9.13 Å². The third kappa shape index (κ3) is 4.50. The van der Waals surface area contributed by atoms with Crippen LogP contribution in [0, 0.1) is 0 Å². The number of benzene rings is 10. The molecule has 0 radical (unpaired) electrons. The molecule has 0 saturated carbocycles. The molecule has 5 heteroatoms. The summed E-state index contributed by atoms with van der Waals surface area (Å²) in [5, 5.41) is 13.6. The minimum absolute atomic E-state index is 0.749. The number of hydrogen-bond acceptors (Lipinski definition) is 3. The third-order valence-electron chi connectivity index (χ3n) is 13.5. The summed E-state index contributed by atoms with van der Waals surface area (Å²) in [5.41, 5.74) is 13.8. The molecular weight excluding hydrogens is 773 g/mol. The molecule has 0 saturated heterocycles. The Morgan fingerprint density at radius 3 is 1.70 bits per heavy atom. The largest absolute Gasteiger partial charge is 0.456 e. The normalized spacial score (nSPS) is 12.4. The van der Waals surface area contributed by atoms with Crippen molar-refractivity contribution in [3.8, 4) is 22.5 Å². The van der Waals surface area contributed by atoms with Crippen LogP contribution in [-0.2, 0) is 0 Å². The molecule has 0 bridgehead atoms. The second-order valence-corrected chi connectivity index (χ2v) is 16.8. The van der Waals surface area contributed by atoms with E-state index in [9.17, 15) is 0 Å². The van der Waals surface area contributed by atoms with E-state index < -0.39 is 0 Å². The molecule has 0 amide bonds. The molecule has 5 aromatic heterocycles. The average Bonchev–Trinajstić information content (AvgIpc) is 4.15. The zero-order valence-electron chi connectivity index (χ0n) is 33.6. The van der Waals surface area contributed by atoms with E-state index in [2.05, 4.69) is 191 Å². The number of para-hydroxylation sites is 4. The Balaban J connectivity index is 0.943. The van der Waals surface area contributed by atoms with Crippen molar-refractivity contribution in [2.75, 3.05) is 0 Å². The predicted molar refractivity (Wildman–Crippen MR) is 260 cm³/mol. The second-order valence-electron chi connectivity index (χ2n) is 16.8. The first-order valence-corrected chi connectivity index (χ1v) is 21.4. The van der Waals surface area contributed by atoms with Gasteiger partial charge in [0.05, 0.1) is 27.8 Å². The maximum absolute atomic E-state index is 7.08. The first-order chi connectivity index (χ1) is 31.2. The summed E-state index contributed by atoms with van der Waals surface area (Å²) in [4.78, 5) is 0. The van der Waals surface area contributed by atoms with Gasteiger partial charge in [0.15, 0.2) is 16.7 Å². The topological polar surface area (TPSA) is 49.3 Å². The van der Waals surface area contributed by atoms with Crippen LogP contribution in [0.5, 0.6) is 0 Å². The van der Waals surface area contributed by atoms with Crippen LogP contribution in [0.4, 0.5) is 0 Å². The molecule has 0 aliphatic rings. The van der Waals surface area contributed by atoms with Gasteiger partial charge in [0.2, 0.25) is 0 Å². The minimum Gasteiger partial charge on any atom is -0.456 e. The molecule has 0 atom stereocenters. The molecule has 0 aliphatic heterocycles. The van der Waals surface area contributed by atoms with Crippen molar-refractivity contribution in [3.05, 3.63) is 194 Å². The highest BCUT2D eigenvalue weighted by Gasteiger charge is 2.22. The second kappa shape index (κ2) is 12.1. The summed E-state index contributed by atoms with van der Waals surface area (Å²) < 4.78 is 24.8. The summed E-state index contributed by atoms with van der Waals surface area (Å²) >= 11 is 0. The van der Waals surface area contributed by atoms with Crippen LogP contribution in [0.2, 0.25) is 0 Å². The van der Waals surface area contributed by atoms with E-state index in [-0.39, 0.29) is 0 Å². The molecular formula is C58H32N2O3. The number of fused-ring (bicyclic) bond motifs is 17. The molecule has 15 rings (SSSR count). The first-order valence-electron chi connectivity index (χ1n) is 21.4. The molecule has 5 heterocycles. The molecule has 0 N–H and O–H groups in total. The zero-order valence-corrected chi connectivity index (χ0v) is 33.6. The molecule has 292 valence electrons. The van der Waals surface area contributed by atoms with Gasteiger partial charge in [0.25, 0.3) is 0 Å². The van der Waals surface area contributed by atoms with E-state index in [1.165, 1.54) is 43.4 Å². The van der Waals surface area contributed by atoms with Crippen LogP contribution < -0.4 is 0 Å². The highest BCUT2D eigenvalue weighted by Crippen LogP contribution is 2.44. The summed E-state index contributed by atoms with van der Waals surface area (Å²) in [6, 6.07) is 69.6. The molecule has 5 nitrogen and oxygen atoms in total. The van der Waals surface area contributed by atoms with Crippen molar-refractivity contribution in [2.45, 2.75) is 0 Å². The van der Waals surface area contributed by atoms with Gasteiger partial charge in [-0.25, -0.2) is 0 Å². The molecule has 63 heavy (non-hydrogen) atoms. The van der Waals surface area contributed by atoms with Gasteiger partial charge in [-0.1, -0.05) is 103 Å². The van der Waals surface area contributed by atoms with Crippen LogP contribution in [0.3, 0.4) is 0 Å². The standard InChI is InChI=1S/C58H32N2O3/c1-2-11-34-30-52-45(28-33(34)10-1)46-32-37(59-48-16-6-3-12-38(48)39-13-4-7-17-49(39)59)22-26-50(46)60(52)51-18-9-15-42-44-25-24-43-41-23-20-36(31-55(41)62-57(43)58(44)63-56(42)51)35-21-27-54-47(29-35)40-14-5-8-19-53(40)61-54/h1-32H. The Bertz CT molecular complexity index is 4400. The third-order valence-corrected chi connectivity index (χ3v) is 13.5. The summed E-state index contributed by atoms with van der Waals surface area (Å²) in [5.74, 6) is 0. The lowest BCUT2D eigenvalue weighted by Gasteiger charge is -2.11. The molecule has 10 aromatic carbocycles. The first kappa shape index (κ1) is 33.2. The van der Waals surface area contributed by atoms with Crippen molar-refractivity contribution >= 4 is 120 Å². The van der Waals surface area contributed by atoms with E-state index in [1.54, 1.807) is 0 Å². The molecule has 15 aromatic rings. The van der Waals surface area contributed by atoms with Crippen molar-refractivity contribution < 1.29 is 13.3 Å². The number of hydrogen-bond donors (Lipinski definition) is 0. The van der Waals surface area contributed by atoms with E-state index in [4.69, 9.17) is 13.3 Å². The van der Waals surface area contributed by atoms with Gasteiger partial charge >= 0.3 is 0 Å². The highest BCUT2D eigenvalue weighted by molar-refractivity contribution is 6.21. The average molecular weight is 805 g/mol. The number of furan rings is 3. The Morgan fingerprint density at radius 1 is 0.270 bits per heavy atom. The lowest BCUT2D eigenvalue weighted by molar-refractivity contribution is 0.632. The molecule has 0 aliphatic carbocycles. The highest BCUT2D eigenvalue weighted by atomic mass is 16.4. The monoisotopic (exact) mass is 804 g/mol. The van der Waals surface area contributed by atoms with Crippen LogP contribution >= 0.6 is 0 Å². The smallest absolute Gasteiger partial charge is 0.178 e. The van der Waals surface area contributed by atoms with Crippen molar-refractivity contribution in [2.24, 2.45) is 0 Å². The van der Waals surface area contributed by atoms with Crippen LogP contribution in [0.25, 0.3) is 143 Å². The van der Waals surface area contributed by atoms with Gasteiger partial charge in [0.1, 0.15) is 16.7 Å². The lowest BCUT2D eigenvalue weighted by atomic mass is 10.0. The van der Waals surface area contributed by atoms with E-state index in [0.717, 1.165) is 99.4 Å². The number of nitrogens with zero attached hydrogens (tertiary/aromatic N) is 2. The Labute approximate surface area is 357 Å². The van der Waals surface area contributed by atoms with Gasteiger partial charge in [-0.2, -0.15) is 0 Å². The number of rotatable bonds is 3. The van der Waals surface area contributed by atoms with E-state index in [1.807, 2.05) is 12.1 Å². The maximum atomic E-state index is 7.08. The molecule has 0 spiro atoms. The Morgan fingerprint density at radius 2 is 0.857 bits per heavy atom. The fraction of sp³-hybridized carbons (Fsp3) is 0. The van der Waals surface area contributed by atoms with Crippen molar-refractivity contribution in [3.63, 3.8) is 0 Å². The van der Waals surface area contributed by atoms with Gasteiger partial charge in [-0.15, -0.1) is 0 Å². The van der Waals surface area contributed by atoms with Crippen LogP contribution in [0.15, 0.2) is 207 Å². The fourth-order valence-corrected chi connectivity index (χ4v) is 10.6. The van der Waals surface area contributed by atoms with Gasteiger partial charge in [-0.05, 0) is 113 Å². The Kier molecular flexibility index (Phi) is 6.36. The fourth-order valence-electron chi connectivity index (χ4n) is 10.6. The van der Waals surface area contributed by atoms with E-state index >= 15 is 0 Å². The SMILES string of the molecule is c1ccc2cc3c(cc2c1)c1cc(-n2c4ccccc4c4ccccc42)ccc1n3-c1cccc2c1oc1c2ccc2c3ccc(-c4ccc5oc6ccccc6c5c4)cc3oc21. The summed E-state index contributed by atoms with van der Waals surface area (Å²) in [7, 11) is 0. The lowest BCUT2D eigenvalue weighted by Crippen LogP contribution is -1.96. The minimum atomic E-state index is 0.749. The predicted octanol–water partition coefficient (Wildman–Crippen LogP) is 16.4. The quantitative estimate of drug-likeness (QED) is 0.179. The number of aromatic nitrogens is 2. The van der Waals surface area contributed by atoms with Gasteiger partial charge in [-0.3, -0.25) is 0 Å². The summed E-state index contributed by atoms with van der Waals surface area (Å²) in [6.45, 7) is 0. The van der Waals surface area contributed by atoms with E-state index in [0.29, 0.717) is 0 Å². The Hall–Kier alpha value is -8.54. The molecule has 0 unspecified atom stereocenters. The van der Waals surface area contributed by atoms with Gasteiger partial charge in [0, 0.05) is 59.5 Å². The van der Waals surface area contributed by atoms with Crippen molar-refractivity contribution in [1.29, 1.82) is 0 Å². The van der Waals surface area contributed by atoms with Crippen LogP contribution in [0.1, 0.15) is 0 Å². The van der Waals surface area contributed by atoms with Gasteiger partial charge < -0.3 is 22.4 Å².